The van der Waals surface area contributed by atoms with Gasteiger partial charge in [-0.1, -0.05) is 0 Å². The normalized spacial score (nSPS) is 21.1. The van der Waals surface area contributed by atoms with Gasteiger partial charge in [0, 0.05) is 9.47 Å². The predicted molar refractivity (Wildman–Crippen MR) is 60.8 cm³/mol. The number of hydrogen-bond acceptors (Lipinski definition) is 3. The minimum Gasteiger partial charge on any atom is -0.487 e. The maximum absolute atomic E-state index is 12.9. The quantitative estimate of drug-likeness (QED) is 0.822. The Bertz CT molecular complexity index is 372. The summed E-state index contributed by atoms with van der Waals surface area (Å²) in [7, 11) is 2.10. The van der Waals surface area contributed by atoms with Crippen LogP contribution < -0.4 is 4.74 Å². The van der Waals surface area contributed by atoms with Crippen LogP contribution in [0.2, 0.25) is 0 Å². The molecule has 1 aromatic rings. The molecule has 5 heteroatoms. The maximum Gasteiger partial charge on any atom is 0.127 e. The molecular weight excluding hydrogens is 230 g/mol. The van der Waals surface area contributed by atoms with Crippen molar-refractivity contribution in [3.8, 4) is 5.75 Å². The Morgan fingerprint density at radius 3 is 3.19 bits per heavy atom. The third-order valence-corrected chi connectivity index (χ3v) is 2.89. The lowest BCUT2D eigenvalue weighted by Gasteiger charge is -2.29. The van der Waals surface area contributed by atoms with Crippen LogP contribution in [-0.2, 0) is 10.9 Å². The van der Waals surface area contributed by atoms with Crippen LogP contribution in [0.25, 0.3) is 0 Å². The lowest BCUT2D eigenvalue weighted by atomic mass is 9.99. The number of hydrogen-bond donors (Lipinski definition) is 1. The standard InChI is InChI=1S/C11H14FO3P/c12-8-2-4-10-7(5-8)1-3-11(15-10)9(13)6-14-16/h2,4-5,9,11,13H,1,3,6,16H2/t9-,11?/m0/s1. The number of halogens is 1. The molecule has 0 bridgehead atoms. The van der Waals surface area contributed by atoms with Gasteiger partial charge in [-0.25, -0.2) is 4.39 Å². The van der Waals surface area contributed by atoms with Gasteiger partial charge >= 0.3 is 0 Å². The minimum atomic E-state index is -0.657. The molecule has 16 heavy (non-hydrogen) atoms. The number of aliphatic hydroxyl groups excluding tert-OH is 1. The number of aliphatic hydroxyl groups is 1. The number of aryl methyl sites for hydroxylation is 1. The van der Waals surface area contributed by atoms with E-state index in [1.807, 2.05) is 0 Å². The summed E-state index contributed by atoms with van der Waals surface area (Å²) in [6, 6.07) is 4.44. The van der Waals surface area contributed by atoms with E-state index in [2.05, 4.69) is 9.47 Å². The Kier molecular flexibility index (Phi) is 3.74. The third-order valence-electron chi connectivity index (χ3n) is 2.70. The summed E-state index contributed by atoms with van der Waals surface area (Å²) in [5.74, 6) is 0.398. The summed E-state index contributed by atoms with van der Waals surface area (Å²) in [6.07, 6.45) is 0.450. The number of benzene rings is 1. The summed E-state index contributed by atoms with van der Waals surface area (Å²) in [5.41, 5.74) is 0.857. The Morgan fingerprint density at radius 1 is 1.62 bits per heavy atom. The van der Waals surface area contributed by atoms with Crippen molar-refractivity contribution in [1.82, 2.24) is 0 Å². The number of rotatable bonds is 3. The molecule has 2 rings (SSSR count). The summed E-state index contributed by atoms with van der Waals surface area (Å²) in [6.45, 7) is 0.214. The van der Waals surface area contributed by atoms with Crippen LogP contribution in [0.1, 0.15) is 12.0 Å². The Labute approximate surface area is 95.9 Å². The lowest BCUT2D eigenvalue weighted by molar-refractivity contribution is 0.000339. The minimum absolute atomic E-state index is 0.214. The second kappa shape index (κ2) is 5.09. The second-order valence-corrected chi connectivity index (χ2v) is 4.18. The van der Waals surface area contributed by atoms with E-state index in [0.717, 1.165) is 5.56 Å². The summed E-state index contributed by atoms with van der Waals surface area (Å²) >= 11 is 0. The van der Waals surface area contributed by atoms with Gasteiger partial charge in [0.15, 0.2) is 0 Å². The highest BCUT2D eigenvalue weighted by atomic mass is 31.0. The number of ether oxygens (including phenoxy) is 1. The topological polar surface area (TPSA) is 38.7 Å². The van der Waals surface area contributed by atoms with Gasteiger partial charge in [0.25, 0.3) is 0 Å². The molecule has 88 valence electrons. The fraction of sp³-hybridized carbons (Fsp3) is 0.455. The Hall–Kier alpha value is -0.700. The van der Waals surface area contributed by atoms with E-state index in [4.69, 9.17) is 9.26 Å². The van der Waals surface area contributed by atoms with Crippen LogP contribution in [-0.4, -0.2) is 23.9 Å². The first-order valence-electron chi connectivity index (χ1n) is 5.15. The monoisotopic (exact) mass is 244 g/mol. The van der Waals surface area contributed by atoms with Crippen molar-refractivity contribution in [2.45, 2.75) is 25.0 Å². The van der Waals surface area contributed by atoms with Gasteiger partial charge in [0.05, 0.1) is 6.61 Å². The molecule has 0 spiro atoms. The molecule has 0 saturated heterocycles. The smallest absolute Gasteiger partial charge is 0.127 e. The molecule has 0 radical (unpaired) electrons. The van der Waals surface area contributed by atoms with Gasteiger partial charge in [-0.3, -0.25) is 0 Å². The highest BCUT2D eigenvalue weighted by Gasteiger charge is 2.26. The first-order chi connectivity index (χ1) is 7.70. The van der Waals surface area contributed by atoms with Crippen molar-refractivity contribution in [1.29, 1.82) is 0 Å². The van der Waals surface area contributed by atoms with Crippen molar-refractivity contribution < 1.29 is 18.8 Å². The van der Waals surface area contributed by atoms with Crippen LogP contribution in [0.15, 0.2) is 18.2 Å². The molecule has 0 aliphatic carbocycles. The van der Waals surface area contributed by atoms with Crippen LogP contribution >= 0.6 is 9.47 Å². The van der Waals surface area contributed by atoms with E-state index >= 15 is 0 Å². The predicted octanol–water partition coefficient (Wildman–Crippen LogP) is 1.69. The van der Waals surface area contributed by atoms with Crippen molar-refractivity contribution in [3.63, 3.8) is 0 Å². The van der Waals surface area contributed by atoms with Gasteiger partial charge in [0.2, 0.25) is 0 Å². The van der Waals surface area contributed by atoms with Crippen LogP contribution in [0, 0.1) is 5.82 Å². The van der Waals surface area contributed by atoms with E-state index < -0.39 is 6.10 Å². The molecule has 0 fully saturated rings. The molecule has 0 aromatic heterocycles. The SMILES string of the molecule is O[C@@H](COP)C1CCc2cc(F)ccc2O1. The molecule has 1 N–H and O–H groups in total. The second-order valence-electron chi connectivity index (χ2n) is 3.85. The molecule has 3 atom stereocenters. The van der Waals surface area contributed by atoms with Crippen molar-refractivity contribution in [2.24, 2.45) is 0 Å². The first-order valence-corrected chi connectivity index (χ1v) is 5.62. The lowest BCUT2D eigenvalue weighted by Crippen LogP contribution is -2.37. The van der Waals surface area contributed by atoms with Crippen molar-refractivity contribution in [3.05, 3.63) is 29.6 Å². The zero-order valence-electron chi connectivity index (χ0n) is 8.73. The van der Waals surface area contributed by atoms with E-state index in [1.54, 1.807) is 6.07 Å². The van der Waals surface area contributed by atoms with Crippen LogP contribution in [0.3, 0.4) is 0 Å². The molecule has 0 amide bonds. The van der Waals surface area contributed by atoms with Crippen molar-refractivity contribution >= 4 is 9.47 Å². The molecule has 1 heterocycles. The summed E-state index contributed by atoms with van der Waals surface area (Å²) in [4.78, 5) is 0. The molecular formula is C11H14FO3P. The Morgan fingerprint density at radius 2 is 2.44 bits per heavy atom. The molecule has 1 aliphatic heterocycles. The van der Waals surface area contributed by atoms with Gasteiger partial charge < -0.3 is 14.4 Å². The molecule has 0 saturated carbocycles. The first kappa shape index (κ1) is 11.8. The van der Waals surface area contributed by atoms with Gasteiger partial charge in [-0.05, 0) is 36.6 Å². The molecule has 3 nitrogen and oxygen atoms in total. The molecule has 2 unspecified atom stereocenters. The van der Waals surface area contributed by atoms with E-state index in [0.29, 0.717) is 18.6 Å². The highest BCUT2D eigenvalue weighted by Crippen LogP contribution is 2.29. The molecule has 1 aromatic carbocycles. The van der Waals surface area contributed by atoms with Crippen LogP contribution in [0.5, 0.6) is 5.75 Å². The maximum atomic E-state index is 12.9. The van der Waals surface area contributed by atoms with E-state index in [1.165, 1.54) is 12.1 Å². The zero-order valence-corrected chi connectivity index (χ0v) is 9.88. The average molecular weight is 244 g/mol. The summed E-state index contributed by atoms with van der Waals surface area (Å²) in [5, 5.41) is 9.72. The largest absolute Gasteiger partial charge is 0.487 e. The average Bonchev–Trinajstić information content (AvgIpc) is 2.28. The van der Waals surface area contributed by atoms with E-state index in [-0.39, 0.29) is 18.5 Å². The molecule has 1 aliphatic rings. The van der Waals surface area contributed by atoms with Gasteiger partial charge in [0.1, 0.15) is 23.8 Å². The van der Waals surface area contributed by atoms with Crippen molar-refractivity contribution in [2.75, 3.05) is 6.61 Å². The fourth-order valence-electron chi connectivity index (χ4n) is 1.85. The summed E-state index contributed by atoms with van der Waals surface area (Å²) < 4.78 is 23.3. The zero-order chi connectivity index (χ0) is 11.5. The highest BCUT2D eigenvalue weighted by molar-refractivity contribution is 7.09. The number of fused-ring (bicyclic) bond motifs is 1. The Balaban J connectivity index is 2.09. The van der Waals surface area contributed by atoms with Crippen LogP contribution in [0.4, 0.5) is 4.39 Å². The van der Waals surface area contributed by atoms with E-state index in [9.17, 15) is 9.50 Å². The third kappa shape index (κ3) is 2.51. The van der Waals surface area contributed by atoms with Gasteiger partial charge in [-0.2, -0.15) is 0 Å². The fourth-order valence-corrected chi connectivity index (χ4v) is 2.05. The van der Waals surface area contributed by atoms with Gasteiger partial charge in [-0.15, -0.1) is 0 Å².